The zero-order valence-electron chi connectivity index (χ0n) is 12.9. The first-order valence-electron chi connectivity index (χ1n) is 8.00. The summed E-state index contributed by atoms with van der Waals surface area (Å²) in [5, 5.41) is 3.70. The van der Waals surface area contributed by atoms with E-state index in [0.29, 0.717) is 12.6 Å². The number of benzene rings is 2. The molecule has 0 saturated heterocycles. The average Bonchev–Trinajstić information content (AvgIpc) is 2.58. The quantitative estimate of drug-likeness (QED) is 0.796. The summed E-state index contributed by atoms with van der Waals surface area (Å²) in [6.45, 7) is 5.09. The summed E-state index contributed by atoms with van der Waals surface area (Å²) in [7, 11) is 0. The van der Waals surface area contributed by atoms with Crippen molar-refractivity contribution in [1.29, 1.82) is 0 Å². The van der Waals surface area contributed by atoms with Crippen molar-refractivity contribution in [3.05, 3.63) is 77.9 Å². The van der Waals surface area contributed by atoms with Crippen LogP contribution in [0.25, 0.3) is 0 Å². The first-order chi connectivity index (χ1) is 10.9. The lowest BCUT2D eigenvalue weighted by molar-refractivity contribution is 0.362. The van der Waals surface area contributed by atoms with Gasteiger partial charge in [-0.15, -0.1) is 0 Å². The van der Waals surface area contributed by atoms with Crippen LogP contribution in [-0.4, -0.2) is 6.61 Å². The van der Waals surface area contributed by atoms with E-state index in [9.17, 15) is 0 Å². The number of nitrogens with one attached hydrogen (secondary N) is 1. The van der Waals surface area contributed by atoms with Crippen LogP contribution >= 0.6 is 0 Å². The maximum atomic E-state index is 5.60. The Morgan fingerprint density at radius 2 is 2.09 bits per heavy atom. The summed E-state index contributed by atoms with van der Waals surface area (Å²) in [4.78, 5) is 0. The van der Waals surface area contributed by atoms with Gasteiger partial charge in [0.25, 0.3) is 0 Å². The Hall–Kier alpha value is -2.06. The van der Waals surface area contributed by atoms with E-state index in [1.54, 1.807) is 6.08 Å². The third-order valence-electron chi connectivity index (χ3n) is 4.19. The number of hydrogen-bond acceptors (Lipinski definition) is 2. The Balaban J connectivity index is 1.65. The molecular formula is C20H23NO. The summed E-state index contributed by atoms with van der Waals surface area (Å²) in [6.07, 6.45) is 5.45. The van der Waals surface area contributed by atoms with Crippen LogP contribution in [0.15, 0.2) is 61.2 Å². The number of ether oxygens (including phenoxy) is 1. The van der Waals surface area contributed by atoms with E-state index >= 15 is 0 Å². The zero-order chi connectivity index (χ0) is 15.2. The predicted molar refractivity (Wildman–Crippen MR) is 91.1 cm³/mol. The summed E-state index contributed by atoms with van der Waals surface area (Å²) < 4.78 is 5.60. The third kappa shape index (κ3) is 3.58. The van der Waals surface area contributed by atoms with Gasteiger partial charge in [0.05, 0.1) is 0 Å². The van der Waals surface area contributed by atoms with Gasteiger partial charge >= 0.3 is 0 Å². The number of aryl methyl sites for hydroxylation is 1. The van der Waals surface area contributed by atoms with Gasteiger partial charge in [-0.3, -0.25) is 0 Å². The molecule has 1 N–H and O–H groups in total. The van der Waals surface area contributed by atoms with E-state index in [1.165, 1.54) is 36.0 Å². The molecule has 1 aliphatic rings. The van der Waals surface area contributed by atoms with E-state index in [4.69, 9.17) is 4.74 Å². The molecule has 1 aliphatic carbocycles. The van der Waals surface area contributed by atoms with Crippen LogP contribution in [0.4, 0.5) is 0 Å². The molecule has 0 aliphatic heterocycles. The van der Waals surface area contributed by atoms with Crippen molar-refractivity contribution in [2.24, 2.45) is 0 Å². The van der Waals surface area contributed by atoms with Gasteiger partial charge in [-0.1, -0.05) is 49.1 Å². The van der Waals surface area contributed by atoms with Crippen LogP contribution in [0, 0.1) is 0 Å². The Morgan fingerprint density at radius 3 is 3.00 bits per heavy atom. The van der Waals surface area contributed by atoms with Gasteiger partial charge < -0.3 is 10.1 Å². The van der Waals surface area contributed by atoms with Crippen molar-refractivity contribution < 1.29 is 4.74 Å². The minimum absolute atomic E-state index is 0.461. The fraction of sp³-hybridized carbons (Fsp3) is 0.300. The molecule has 0 radical (unpaired) electrons. The van der Waals surface area contributed by atoms with Crippen LogP contribution in [0.5, 0.6) is 5.75 Å². The molecule has 0 fully saturated rings. The van der Waals surface area contributed by atoms with Gasteiger partial charge in [-0.25, -0.2) is 0 Å². The first kappa shape index (κ1) is 14.9. The van der Waals surface area contributed by atoms with Crippen LogP contribution in [0.3, 0.4) is 0 Å². The smallest absolute Gasteiger partial charge is 0.120 e. The molecule has 0 saturated carbocycles. The lowest BCUT2D eigenvalue weighted by Gasteiger charge is -2.26. The Morgan fingerprint density at radius 1 is 1.18 bits per heavy atom. The maximum Gasteiger partial charge on any atom is 0.120 e. The molecule has 1 atom stereocenters. The molecule has 3 rings (SSSR count). The van der Waals surface area contributed by atoms with Crippen molar-refractivity contribution in [1.82, 2.24) is 5.32 Å². The molecule has 0 unspecified atom stereocenters. The molecule has 0 amide bonds. The van der Waals surface area contributed by atoms with Crippen molar-refractivity contribution >= 4 is 0 Å². The number of fused-ring (bicyclic) bond motifs is 1. The van der Waals surface area contributed by atoms with Gasteiger partial charge in [0.2, 0.25) is 0 Å². The molecule has 0 aromatic heterocycles. The molecule has 0 heterocycles. The zero-order valence-corrected chi connectivity index (χ0v) is 12.9. The molecule has 0 bridgehead atoms. The monoisotopic (exact) mass is 293 g/mol. The maximum absolute atomic E-state index is 5.60. The molecule has 114 valence electrons. The number of hydrogen-bond donors (Lipinski definition) is 1. The molecule has 2 aromatic rings. The summed E-state index contributed by atoms with van der Waals surface area (Å²) >= 11 is 0. The van der Waals surface area contributed by atoms with Crippen molar-refractivity contribution in [2.45, 2.75) is 31.8 Å². The predicted octanol–water partition coefficient (Wildman–Crippen LogP) is 4.42. The molecule has 2 aromatic carbocycles. The van der Waals surface area contributed by atoms with Gasteiger partial charge in [-0.2, -0.15) is 0 Å². The lowest BCUT2D eigenvalue weighted by Crippen LogP contribution is -2.24. The fourth-order valence-corrected chi connectivity index (χ4v) is 3.11. The largest absolute Gasteiger partial charge is 0.490 e. The van der Waals surface area contributed by atoms with Crippen LogP contribution in [0.1, 0.15) is 35.6 Å². The highest BCUT2D eigenvalue weighted by atomic mass is 16.5. The number of rotatable bonds is 6. The SMILES string of the molecule is C=CCOc1cccc(CN[C@H]2CCCc3ccccc32)c1. The molecular weight excluding hydrogens is 270 g/mol. The first-order valence-corrected chi connectivity index (χ1v) is 8.00. The van der Waals surface area contributed by atoms with Crippen LogP contribution in [0.2, 0.25) is 0 Å². The Labute approximate surface area is 132 Å². The van der Waals surface area contributed by atoms with E-state index < -0.39 is 0 Å². The Bertz CT molecular complexity index is 635. The minimum atomic E-state index is 0.461. The Kier molecular flexibility index (Phi) is 4.92. The average molecular weight is 293 g/mol. The second-order valence-corrected chi connectivity index (χ2v) is 5.77. The van der Waals surface area contributed by atoms with Crippen molar-refractivity contribution in [3.8, 4) is 5.75 Å². The van der Waals surface area contributed by atoms with E-state index in [2.05, 4.69) is 48.3 Å². The lowest BCUT2D eigenvalue weighted by atomic mass is 9.87. The summed E-state index contributed by atoms with van der Waals surface area (Å²) in [5.41, 5.74) is 4.21. The molecule has 2 heteroatoms. The normalized spacial score (nSPS) is 16.8. The van der Waals surface area contributed by atoms with Gasteiger partial charge in [0, 0.05) is 12.6 Å². The van der Waals surface area contributed by atoms with Crippen molar-refractivity contribution in [2.75, 3.05) is 6.61 Å². The summed E-state index contributed by atoms with van der Waals surface area (Å²) in [5.74, 6) is 0.906. The highest BCUT2D eigenvalue weighted by molar-refractivity contribution is 5.33. The fourth-order valence-electron chi connectivity index (χ4n) is 3.11. The van der Waals surface area contributed by atoms with Crippen LogP contribution in [-0.2, 0) is 13.0 Å². The third-order valence-corrected chi connectivity index (χ3v) is 4.19. The molecule has 2 nitrogen and oxygen atoms in total. The van der Waals surface area contributed by atoms with Crippen molar-refractivity contribution in [3.63, 3.8) is 0 Å². The summed E-state index contributed by atoms with van der Waals surface area (Å²) in [6, 6.07) is 17.5. The minimum Gasteiger partial charge on any atom is -0.490 e. The van der Waals surface area contributed by atoms with Crippen LogP contribution < -0.4 is 10.1 Å². The van der Waals surface area contributed by atoms with Gasteiger partial charge in [0.15, 0.2) is 0 Å². The van der Waals surface area contributed by atoms with E-state index in [1.807, 2.05) is 12.1 Å². The van der Waals surface area contributed by atoms with Gasteiger partial charge in [0.1, 0.15) is 12.4 Å². The molecule has 22 heavy (non-hydrogen) atoms. The highest BCUT2D eigenvalue weighted by Crippen LogP contribution is 2.29. The topological polar surface area (TPSA) is 21.3 Å². The van der Waals surface area contributed by atoms with Gasteiger partial charge in [-0.05, 0) is 48.1 Å². The highest BCUT2D eigenvalue weighted by Gasteiger charge is 2.18. The van der Waals surface area contributed by atoms with E-state index in [0.717, 1.165) is 12.3 Å². The second kappa shape index (κ2) is 7.28. The molecule has 0 spiro atoms. The van der Waals surface area contributed by atoms with E-state index in [-0.39, 0.29) is 0 Å². The second-order valence-electron chi connectivity index (χ2n) is 5.77. The standard InChI is InChI=1S/C20H23NO/c1-2-13-22-18-10-5-7-16(14-18)15-21-20-12-6-9-17-8-3-4-11-19(17)20/h2-5,7-8,10-11,14,20-21H,1,6,9,12-13,15H2/t20-/m0/s1.